The van der Waals surface area contributed by atoms with Gasteiger partial charge in [0.2, 0.25) is 0 Å². The standard InChI is InChI=1S/C20H25N3O2/c1-14-7-8-19(15(2)22-14)20(25)21-11-18(24)13-23-10-9-16-5-3-4-6-17(16)12-23/h3-8,18,24H,9-13H2,1-2H3,(H,21,25). The fraction of sp³-hybridized carbons (Fsp3) is 0.400. The van der Waals surface area contributed by atoms with Crippen molar-refractivity contribution in [1.82, 2.24) is 15.2 Å². The minimum absolute atomic E-state index is 0.187. The van der Waals surface area contributed by atoms with Gasteiger partial charge >= 0.3 is 0 Å². The number of nitrogens with one attached hydrogen (secondary N) is 1. The number of carbonyl (C=O) groups excluding carboxylic acids is 1. The molecule has 1 aliphatic heterocycles. The second-order valence-electron chi connectivity index (χ2n) is 6.70. The molecule has 3 rings (SSSR count). The van der Waals surface area contributed by atoms with E-state index in [2.05, 4.69) is 39.5 Å². The zero-order chi connectivity index (χ0) is 17.8. The van der Waals surface area contributed by atoms with Crippen LogP contribution in [0.2, 0.25) is 0 Å². The van der Waals surface area contributed by atoms with E-state index in [1.807, 2.05) is 19.9 Å². The molecule has 1 aromatic carbocycles. The second kappa shape index (κ2) is 7.76. The van der Waals surface area contributed by atoms with E-state index in [1.54, 1.807) is 6.07 Å². The van der Waals surface area contributed by atoms with Crippen molar-refractivity contribution in [3.8, 4) is 0 Å². The van der Waals surface area contributed by atoms with Gasteiger partial charge in [-0.15, -0.1) is 0 Å². The van der Waals surface area contributed by atoms with Crippen molar-refractivity contribution in [2.45, 2.75) is 32.9 Å². The molecule has 25 heavy (non-hydrogen) atoms. The molecule has 2 N–H and O–H groups in total. The van der Waals surface area contributed by atoms with Gasteiger partial charge in [0.1, 0.15) is 0 Å². The fourth-order valence-corrected chi connectivity index (χ4v) is 3.30. The lowest BCUT2D eigenvalue weighted by molar-refractivity contribution is 0.0841. The molecule has 0 fully saturated rings. The molecule has 5 nitrogen and oxygen atoms in total. The highest BCUT2D eigenvalue weighted by atomic mass is 16.3. The fourth-order valence-electron chi connectivity index (χ4n) is 3.30. The first kappa shape index (κ1) is 17.6. The number of amides is 1. The van der Waals surface area contributed by atoms with E-state index in [4.69, 9.17) is 0 Å². The minimum atomic E-state index is -0.590. The number of nitrogens with zero attached hydrogens (tertiary/aromatic N) is 2. The molecule has 0 bridgehead atoms. The van der Waals surface area contributed by atoms with Crippen molar-refractivity contribution in [3.63, 3.8) is 0 Å². The highest BCUT2D eigenvalue weighted by Crippen LogP contribution is 2.18. The Hall–Kier alpha value is -2.24. The Morgan fingerprint density at radius 1 is 1.24 bits per heavy atom. The summed E-state index contributed by atoms with van der Waals surface area (Å²) in [5.41, 5.74) is 4.87. The lowest BCUT2D eigenvalue weighted by atomic mass is 10.00. The number of aromatic nitrogens is 1. The molecule has 1 atom stereocenters. The van der Waals surface area contributed by atoms with Crippen LogP contribution in [0.15, 0.2) is 36.4 Å². The molecular formula is C20H25N3O2. The number of hydrogen-bond donors (Lipinski definition) is 2. The smallest absolute Gasteiger partial charge is 0.253 e. The molecule has 1 unspecified atom stereocenters. The Labute approximate surface area is 148 Å². The van der Waals surface area contributed by atoms with E-state index in [0.717, 1.165) is 25.2 Å². The topological polar surface area (TPSA) is 65.5 Å². The van der Waals surface area contributed by atoms with E-state index < -0.39 is 6.10 Å². The quantitative estimate of drug-likeness (QED) is 0.872. The van der Waals surface area contributed by atoms with Crippen molar-refractivity contribution >= 4 is 5.91 Å². The van der Waals surface area contributed by atoms with Crippen molar-refractivity contribution in [1.29, 1.82) is 0 Å². The van der Waals surface area contributed by atoms with Crippen LogP contribution in [0.4, 0.5) is 0 Å². The molecular weight excluding hydrogens is 314 g/mol. The molecule has 0 saturated heterocycles. The summed E-state index contributed by atoms with van der Waals surface area (Å²) in [5.74, 6) is -0.187. The number of aryl methyl sites for hydroxylation is 2. The molecule has 132 valence electrons. The Bertz CT molecular complexity index is 760. The summed E-state index contributed by atoms with van der Waals surface area (Å²) in [6, 6.07) is 12.0. The number of aliphatic hydroxyl groups excluding tert-OH is 1. The average Bonchev–Trinajstić information content (AvgIpc) is 2.59. The molecule has 2 aromatic rings. The van der Waals surface area contributed by atoms with E-state index in [0.29, 0.717) is 17.8 Å². The highest BCUT2D eigenvalue weighted by Gasteiger charge is 2.19. The van der Waals surface area contributed by atoms with Crippen LogP contribution < -0.4 is 5.32 Å². The first-order chi connectivity index (χ1) is 12.0. The predicted octanol–water partition coefficient (Wildman–Crippen LogP) is 1.85. The van der Waals surface area contributed by atoms with Gasteiger partial charge in [-0.2, -0.15) is 0 Å². The van der Waals surface area contributed by atoms with Gasteiger partial charge in [0.15, 0.2) is 0 Å². The van der Waals surface area contributed by atoms with Crippen molar-refractivity contribution in [2.75, 3.05) is 19.6 Å². The van der Waals surface area contributed by atoms with Crippen LogP contribution in [0, 0.1) is 13.8 Å². The molecule has 0 saturated carbocycles. The molecule has 1 aromatic heterocycles. The van der Waals surface area contributed by atoms with Crippen LogP contribution in [0.3, 0.4) is 0 Å². The summed E-state index contributed by atoms with van der Waals surface area (Å²) in [6.07, 6.45) is 0.414. The van der Waals surface area contributed by atoms with Gasteiger partial charge in [-0.25, -0.2) is 0 Å². The Morgan fingerprint density at radius 3 is 2.76 bits per heavy atom. The number of hydrogen-bond acceptors (Lipinski definition) is 4. The van der Waals surface area contributed by atoms with Gasteiger partial charge in [0.05, 0.1) is 17.4 Å². The first-order valence-corrected chi connectivity index (χ1v) is 8.72. The maximum atomic E-state index is 12.3. The monoisotopic (exact) mass is 339 g/mol. The van der Waals surface area contributed by atoms with Crippen LogP contribution in [0.5, 0.6) is 0 Å². The second-order valence-corrected chi connectivity index (χ2v) is 6.70. The molecule has 0 radical (unpaired) electrons. The van der Waals surface area contributed by atoms with Crippen molar-refractivity contribution < 1.29 is 9.90 Å². The number of aliphatic hydroxyl groups is 1. The van der Waals surface area contributed by atoms with Crippen LogP contribution in [-0.2, 0) is 13.0 Å². The van der Waals surface area contributed by atoms with Crippen LogP contribution in [-0.4, -0.2) is 46.6 Å². The summed E-state index contributed by atoms with van der Waals surface area (Å²) >= 11 is 0. The number of benzene rings is 1. The van der Waals surface area contributed by atoms with E-state index >= 15 is 0 Å². The Balaban J connectivity index is 1.50. The van der Waals surface area contributed by atoms with Crippen LogP contribution >= 0.6 is 0 Å². The summed E-state index contributed by atoms with van der Waals surface area (Å²) < 4.78 is 0. The van der Waals surface area contributed by atoms with Gasteiger partial charge in [0.25, 0.3) is 5.91 Å². The maximum Gasteiger partial charge on any atom is 0.253 e. The van der Waals surface area contributed by atoms with E-state index in [-0.39, 0.29) is 12.5 Å². The summed E-state index contributed by atoms with van der Waals surface area (Å²) in [6.45, 7) is 6.30. The normalized spacial score (nSPS) is 15.5. The molecule has 0 aliphatic carbocycles. The number of pyridine rings is 1. The van der Waals surface area contributed by atoms with Gasteiger partial charge in [0, 0.05) is 31.9 Å². The predicted molar refractivity (Wildman–Crippen MR) is 97.5 cm³/mol. The lowest BCUT2D eigenvalue weighted by Gasteiger charge is -2.30. The van der Waals surface area contributed by atoms with Gasteiger partial charge < -0.3 is 10.4 Å². The molecule has 1 aliphatic rings. The number of fused-ring (bicyclic) bond motifs is 1. The van der Waals surface area contributed by atoms with Gasteiger partial charge in [-0.05, 0) is 43.5 Å². The molecule has 0 spiro atoms. The SMILES string of the molecule is Cc1ccc(C(=O)NCC(O)CN2CCc3ccccc3C2)c(C)n1. The minimum Gasteiger partial charge on any atom is -0.390 e. The highest BCUT2D eigenvalue weighted by molar-refractivity contribution is 5.95. The summed E-state index contributed by atoms with van der Waals surface area (Å²) in [4.78, 5) is 18.8. The van der Waals surface area contributed by atoms with Gasteiger partial charge in [-0.3, -0.25) is 14.7 Å². The maximum absolute atomic E-state index is 12.3. The summed E-state index contributed by atoms with van der Waals surface area (Å²) in [7, 11) is 0. The van der Waals surface area contributed by atoms with Crippen LogP contribution in [0.1, 0.15) is 32.9 Å². The molecule has 2 heterocycles. The van der Waals surface area contributed by atoms with Crippen molar-refractivity contribution in [2.24, 2.45) is 0 Å². The lowest BCUT2D eigenvalue weighted by Crippen LogP contribution is -2.42. The average molecular weight is 339 g/mol. The zero-order valence-electron chi connectivity index (χ0n) is 14.8. The largest absolute Gasteiger partial charge is 0.390 e. The van der Waals surface area contributed by atoms with E-state index in [9.17, 15) is 9.90 Å². The Morgan fingerprint density at radius 2 is 2.00 bits per heavy atom. The third kappa shape index (κ3) is 4.44. The van der Waals surface area contributed by atoms with Crippen molar-refractivity contribution in [3.05, 3.63) is 64.5 Å². The van der Waals surface area contributed by atoms with Crippen LogP contribution in [0.25, 0.3) is 0 Å². The number of β-amino-alcohol motifs (C(OH)–C–C–N with tert-alkyl or cyclic N) is 1. The first-order valence-electron chi connectivity index (χ1n) is 8.72. The molecule has 1 amide bonds. The molecule has 5 heteroatoms. The number of carbonyl (C=O) groups is 1. The number of rotatable bonds is 5. The van der Waals surface area contributed by atoms with Gasteiger partial charge in [-0.1, -0.05) is 24.3 Å². The zero-order valence-corrected chi connectivity index (χ0v) is 14.8. The third-order valence-corrected chi connectivity index (χ3v) is 4.65. The summed E-state index contributed by atoms with van der Waals surface area (Å²) in [5, 5.41) is 13.1. The van der Waals surface area contributed by atoms with E-state index in [1.165, 1.54) is 11.1 Å². The third-order valence-electron chi connectivity index (χ3n) is 4.65. The Kier molecular flexibility index (Phi) is 5.46.